The first-order valence-electron chi connectivity index (χ1n) is 8.65. The van der Waals surface area contributed by atoms with Gasteiger partial charge < -0.3 is 5.32 Å². The summed E-state index contributed by atoms with van der Waals surface area (Å²) in [6.45, 7) is 9.68. The quantitative estimate of drug-likeness (QED) is 0.830. The Morgan fingerprint density at radius 1 is 1.00 bits per heavy atom. The van der Waals surface area contributed by atoms with E-state index < -0.39 is 0 Å². The van der Waals surface area contributed by atoms with Gasteiger partial charge >= 0.3 is 0 Å². The minimum Gasteiger partial charge on any atom is -0.314 e. The third-order valence-corrected chi connectivity index (χ3v) is 4.59. The van der Waals surface area contributed by atoms with E-state index in [0.29, 0.717) is 12.0 Å². The third kappa shape index (κ3) is 4.77. The average molecular weight is 289 g/mol. The molecule has 1 aromatic heterocycles. The zero-order valence-corrected chi connectivity index (χ0v) is 14.2. The molecule has 0 spiro atoms. The first kappa shape index (κ1) is 16.4. The molecule has 0 saturated heterocycles. The monoisotopic (exact) mass is 289 g/mol. The molecule has 0 aliphatic heterocycles. The minimum atomic E-state index is 0.539. The van der Waals surface area contributed by atoms with Crippen LogP contribution in [0.15, 0.2) is 0 Å². The Morgan fingerprint density at radius 2 is 1.57 bits per heavy atom. The summed E-state index contributed by atoms with van der Waals surface area (Å²) < 4.78 is 0. The summed E-state index contributed by atoms with van der Waals surface area (Å²) in [7, 11) is 0. The van der Waals surface area contributed by atoms with Gasteiger partial charge in [0.1, 0.15) is 5.82 Å². The van der Waals surface area contributed by atoms with Crippen LogP contribution in [-0.4, -0.2) is 22.6 Å². The highest BCUT2D eigenvalue weighted by molar-refractivity contribution is 5.25. The fourth-order valence-corrected chi connectivity index (χ4v) is 3.33. The molecule has 1 fully saturated rings. The molecule has 0 unspecified atom stereocenters. The van der Waals surface area contributed by atoms with Gasteiger partial charge in [-0.2, -0.15) is 0 Å². The topological polar surface area (TPSA) is 37.8 Å². The maximum Gasteiger partial charge on any atom is 0.131 e. The van der Waals surface area contributed by atoms with Crippen LogP contribution in [0.5, 0.6) is 0 Å². The van der Waals surface area contributed by atoms with Crippen molar-refractivity contribution in [3.8, 4) is 0 Å². The van der Waals surface area contributed by atoms with Gasteiger partial charge in [0, 0.05) is 23.3 Å². The van der Waals surface area contributed by atoms with Crippen LogP contribution >= 0.6 is 0 Å². The largest absolute Gasteiger partial charge is 0.314 e. The molecule has 1 heterocycles. The fourth-order valence-electron chi connectivity index (χ4n) is 3.33. The van der Waals surface area contributed by atoms with Gasteiger partial charge in [-0.15, -0.1) is 0 Å². The molecule has 0 bridgehead atoms. The van der Waals surface area contributed by atoms with Crippen LogP contribution in [0.3, 0.4) is 0 Å². The van der Waals surface area contributed by atoms with E-state index in [9.17, 15) is 0 Å². The summed E-state index contributed by atoms with van der Waals surface area (Å²) in [5, 5.41) is 3.48. The summed E-state index contributed by atoms with van der Waals surface area (Å²) in [6, 6.07) is 0.539. The minimum absolute atomic E-state index is 0.539. The van der Waals surface area contributed by atoms with Crippen molar-refractivity contribution in [2.75, 3.05) is 6.54 Å². The van der Waals surface area contributed by atoms with Gasteiger partial charge in [-0.3, -0.25) is 0 Å². The van der Waals surface area contributed by atoms with Crippen molar-refractivity contribution in [3.05, 3.63) is 22.8 Å². The van der Waals surface area contributed by atoms with Crippen LogP contribution in [0.1, 0.15) is 81.1 Å². The molecule has 21 heavy (non-hydrogen) atoms. The summed E-state index contributed by atoms with van der Waals surface area (Å²) in [6.07, 6.45) is 9.01. The van der Waals surface area contributed by atoms with Gasteiger partial charge in [0.2, 0.25) is 0 Å². The summed E-state index contributed by atoms with van der Waals surface area (Å²) >= 11 is 0. The van der Waals surface area contributed by atoms with E-state index in [0.717, 1.165) is 18.8 Å². The second-order valence-corrected chi connectivity index (χ2v) is 6.78. The molecule has 0 radical (unpaired) electrons. The van der Waals surface area contributed by atoms with Gasteiger partial charge in [0.15, 0.2) is 0 Å². The van der Waals surface area contributed by atoms with Gasteiger partial charge in [-0.25, -0.2) is 9.97 Å². The maximum absolute atomic E-state index is 4.86. The van der Waals surface area contributed by atoms with Gasteiger partial charge in [-0.1, -0.05) is 39.5 Å². The summed E-state index contributed by atoms with van der Waals surface area (Å²) in [5.41, 5.74) is 3.71. The molecule has 1 aromatic rings. The van der Waals surface area contributed by atoms with E-state index in [-0.39, 0.29) is 0 Å². The second-order valence-electron chi connectivity index (χ2n) is 6.78. The van der Waals surface area contributed by atoms with Crippen LogP contribution in [0.25, 0.3) is 0 Å². The predicted molar refractivity (Wildman–Crippen MR) is 88.8 cm³/mol. The third-order valence-electron chi connectivity index (χ3n) is 4.59. The van der Waals surface area contributed by atoms with Crippen molar-refractivity contribution in [2.24, 2.45) is 0 Å². The molecule has 1 aliphatic rings. The Hall–Kier alpha value is -0.960. The number of hydrogen-bond acceptors (Lipinski definition) is 3. The van der Waals surface area contributed by atoms with E-state index in [2.05, 4.69) is 33.0 Å². The van der Waals surface area contributed by atoms with Gasteiger partial charge in [0.05, 0.1) is 0 Å². The van der Waals surface area contributed by atoms with Crippen LogP contribution in [0.4, 0.5) is 0 Å². The molecular formula is C18H31N3. The number of nitrogens with zero attached hydrogens (tertiary/aromatic N) is 2. The first-order chi connectivity index (χ1) is 10.1. The number of hydrogen-bond donors (Lipinski definition) is 1. The van der Waals surface area contributed by atoms with Crippen LogP contribution in [0, 0.1) is 13.8 Å². The SMILES string of the molecule is Cc1nc(C2CCCCCC2)nc(C)c1CCNC(C)C. The fraction of sp³-hybridized carbons (Fsp3) is 0.778. The second kappa shape index (κ2) is 7.88. The van der Waals surface area contributed by atoms with Crippen molar-refractivity contribution >= 4 is 0 Å². The zero-order valence-electron chi connectivity index (χ0n) is 14.2. The van der Waals surface area contributed by atoms with E-state index in [1.54, 1.807) is 0 Å². The number of aryl methyl sites for hydroxylation is 2. The van der Waals surface area contributed by atoms with E-state index in [1.165, 1.54) is 55.5 Å². The lowest BCUT2D eigenvalue weighted by Crippen LogP contribution is -2.25. The zero-order chi connectivity index (χ0) is 15.2. The highest BCUT2D eigenvalue weighted by atomic mass is 14.9. The van der Waals surface area contributed by atoms with Crippen molar-refractivity contribution in [3.63, 3.8) is 0 Å². The van der Waals surface area contributed by atoms with Crippen LogP contribution in [0.2, 0.25) is 0 Å². The molecule has 118 valence electrons. The van der Waals surface area contributed by atoms with Crippen molar-refractivity contribution in [1.29, 1.82) is 0 Å². The lowest BCUT2D eigenvalue weighted by Gasteiger charge is -2.17. The molecule has 1 aliphatic carbocycles. The molecule has 1 saturated carbocycles. The Labute approximate surface area is 130 Å². The van der Waals surface area contributed by atoms with Crippen molar-refractivity contribution in [1.82, 2.24) is 15.3 Å². The lowest BCUT2D eigenvalue weighted by molar-refractivity contribution is 0.552. The molecule has 3 heteroatoms. The van der Waals surface area contributed by atoms with E-state index in [1.807, 2.05) is 0 Å². The Bertz CT molecular complexity index is 423. The standard InChI is InChI=1S/C18H31N3/c1-13(2)19-12-11-17-14(3)20-18(21-15(17)4)16-9-7-5-6-8-10-16/h13,16,19H,5-12H2,1-4H3. The van der Waals surface area contributed by atoms with Gasteiger partial charge in [0.25, 0.3) is 0 Å². The summed E-state index contributed by atoms with van der Waals surface area (Å²) in [5.74, 6) is 1.69. The molecule has 0 amide bonds. The average Bonchev–Trinajstić information content (AvgIpc) is 2.70. The van der Waals surface area contributed by atoms with E-state index >= 15 is 0 Å². The Kier molecular flexibility index (Phi) is 6.16. The number of aromatic nitrogens is 2. The summed E-state index contributed by atoms with van der Waals surface area (Å²) in [4.78, 5) is 9.72. The van der Waals surface area contributed by atoms with Crippen LogP contribution in [-0.2, 0) is 6.42 Å². The maximum atomic E-state index is 4.86. The normalized spacial score (nSPS) is 17.2. The highest BCUT2D eigenvalue weighted by Crippen LogP contribution is 2.30. The first-order valence-corrected chi connectivity index (χ1v) is 8.65. The number of rotatable bonds is 5. The Balaban J connectivity index is 2.08. The van der Waals surface area contributed by atoms with Crippen molar-refractivity contribution in [2.45, 2.75) is 84.6 Å². The van der Waals surface area contributed by atoms with Crippen LogP contribution < -0.4 is 5.32 Å². The van der Waals surface area contributed by atoms with Crippen molar-refractivity contribution < 1.29 is 0 Å². The highest BCUT2D eigenvalue weighted by Gasteiger charge is 2.19. The molecule has 1 N–H and O–H groups in total. The van der Waals surface area contributed by atoms with Gasteiger partial charge in [-0.05, 0) is 45.2 Å². The molecule has 3 nitrogen and oxygen atoms in total. The molecule has 2 rings (SSSR count). The molecular weight excluding hydrogens is 258 g/mol. The molecule has 0 atom stereocenters. The van der Waals surface area contributed by atoms with E-state index in [4.69, 9.17) is 9.97 Å². The molecule has 0 aromatic carbocycles. The predicted octanol–water partition coefficient (Wildman–Crippen LogP) is 4.07. The number of nitrogens with one attached hydrogen (secondary N) is 1. The smallest absolute Gasteiger partial charge is 0.131 e. The Morgan fingerprint density at radius 3 is 2.10 bits per heavy atom. The lowest BCUT2D eigenvalue weighted by atomic mass is 9.98.